The molecule has 1 aliphatic rings. The summed E-state index contributed by atoms with van der Waals surface area (Å²) in [6.45, 7) is 4.66. The lowest BCUT2D eigenvalue weighted by molar-refractivity contribution is 0.0923. The number of hydrogen-bond donors (Lipinski definition) is 1. The average Bonchev–Trinajstić information content (AvgIpc) is 3.11. The molecule has 1 unspecified atom stereocenters. The molecule has 0 aromatic carbocycles. The Bertz CT molecular complexity index is 893. The van der Waals surface area contributed by atoms with E-state index in [9.17, 15) is 4.79 Å². The number of imidazole rings is 1. The first-order valence-electron chi connectivity index (χ1n) is 7.75. The van der Waals surface area contributed by atoms with Crippen molar-refractivity contribution in [2.24, 2.45) is 0 Å². The van der Waals surface area contributed by atoms with Gasteiger partial charge in [0.1, 0.15) is 23.0 Å². The fourth-order valence-electron chi connectivity index (χ4n) is 3.03. The Balaban J connectivity index is 1.52. The molecule has 0 saturated heterocycles. The number of aryl methyl sites for hydroxylation is 3. The lowest BCUT2D eigenvalue weighted by Crippen LogP contribution is -2.41. The van der Waals surface area contributed by atoms with Gasteiger partial charge in [0, 0.05) is 31.4 Å². The molecule has 7 heteroatoms. The maximum Gasteiger partial charge on any atom is 0.271 e. The van der Waals surface area contributed by atoms with Gasteiger partial charge in [0.25, 0.3) is 5.91 Å². The van der Waals surface area contributed by atoms with Crippen LogP contribution in [-0.2, 0) is 13.0 Å². The van der Waals surface area contributed by atoms with E-state index in [1.807, 2.05) is 36.6 Å². The zero-order chi connectivity index (χ0) is 16.0. The molecule has 7 nitrogen and oxygen atoms in total. The zero-order valence-corrected chi connectivity index (χ0v) is 13.2. The molecule has 0 saturated carbocycles. The summed E-state index contributed by atoms with van der Waals surface area (Å²) in [5, 5.41) is 11.3. The highest BCUT2D eigenvalue weighted by molar-refractivity contribution is 5.93. The van der Waals surface area contributed by atoms with E-state index >= 15 is 0 Å². The van der Waals surface area contributed by atoms with Crippen molar-refractivity contribution in [1.29, 1.82) is 0 Å². The third-order valence-corrected chi connectivity index (χ3v) is 4.32. The Morgan fingerprint density at radius 3 is 3.09 bits per heavy atom. The van der Waals surface area contributed by atoms with Crippen molar-refractivity contribution in [3.05, 3.63) is 47.4 Å². The Labute approximate surface area is 133 Å². The maximum absolute atomic E-state index is 12.5. The average molecular weight is 310 g/mol. The maximum atomic E-state index is 12.5. The number of carbonyl (C=O) groups excluding carboxylic acids is 1. The van der Waals surface area contributed by atoms with Crippen LogP contribution in [0.25, 0.3) is 5.65 Å². The largest absolute Gasteiger partial charge is 0.346 e. The van der Waals surface area contributed by atoms with Crippen LogP contribution < -0.4 is 5.32 Å². The molecule has 0 bridgehead atoms. The summed E-state index contributed by atoms with van der Waals surface area (Å²) < 4.78 is 3.94. The van der Waals surface area contributed by atoms with Crippen LogP contribution >= 0.6 is 0 Å². The topological polar surface area (TPSA) is 77.1 Å². The standard InChI is InChI=1S/C16H18N6O/c1-10-5-6-21-9-13(18-15(21)7-10)16(23)17-12-3-4-14-20-19-11(2)22(14)8-12/h5-7,9,12H,3-4,8H2,1-2H3,(H,17,23). The van der Waals surface area contributed by atoms with Crippen LogP contribution in [0.5, 0.6) is 0 Å². The molecule has 1 aliphatic heterocycles. The molecule has 1 atom stereocenters. The monoisotopic (exact) mass is 310 g/mol. The summed E-state index contributed by atoms with van der Waals surface area (Å²) in [5.41, 5.74) is 2.36. The van der Waals surface area contributed by atoms with E-state index in [0.717, 1.165) is 35.7 Å². The second kappa shape index (κ2) is 5.19. The van der Waals surface area contributed by atoms with Crippen LogP contribution in [0.2, 0.25) is 0 Å². The number of hydrogen-bond acceptors (Lipinski definition) is 4. The molecule has 4 heterocycles. The van der Waals surface area contributed by atoms with Crippen LogP contribution in [0, 0.1) is 13.8 Å². The normalized spacial score (nSPS) is 17.2. The highest BCUT2D eigenvalue weighted by Gasteiger charge is 2.23. The molecule has 0 radical (unpaired) electrons. The predicted octanol–water partition coefficient (Wildman–Crippen LogP) is 1.29. The summed E-state index contributed by atoms with van der Waals surface area (Å²) in [6, 6.07) is 4.04. The predicted molar refractivity (Wildman–Crippen MR) is 84.3 cm³/mol. The van der Waals surface area contributed by atoms with Crippen molar-refractivity contribution in [2.75, 3.05) is 0 Å². The molecule has 23 heavy (non-hydrogen) atoms. The molecule has 0 spiro atoms. The number of fused-ring (bicyclic) bond motifs is 2. The Hall–Kier alpha value is -2.70. The minimum absolute atomic E-state index is 0.0799. The Morgan fingerprint density at radius 2 is 2.22 bits per heavy atom. The van der Waals surface area contributed by atoms with Crippen molar-refractivity contribution in [3.8, 4) is 0 Å². The van der Waals surface area contributed by atoms with E-state index in [1.54, 1.807) is 6.20 Å². The van der Waals surface area contributed by atoms with E-state index in [1.165, 1.54) is 0 Å². The highest BCUT2D eigenvalue weighted by atomic mass is 16.2. The third kappa shape index (κ3) is 2.48. The van der Waals surface area contributed by atoms with Gasteiger partial charge in [-0.2, -0.15) is 0 Å². The van der Waals surface area contributed by atoms with Gasteiger partial charge in [0.05, 0.1) is 0 Å². The van der Waals surface area contributed by atoms with E-state index in [-0.39, 0.29) is 11.9 Å². The van der Waals surface area contributed by atoms with Crippen molar-refractivity contribution < 1.29 is 4.79 Å². The summed E-state index contributed by atoms with van der Waals surface area (Å²) in [6.07, 6.45) is 5.39. The zero-order valence-electron chi connectivity index (χ0n) is 13.2. The van der Waals surface area contributed by atoms with Gasteiger partial charge in [-0.3, -0.25) is 4.79 Å². The molecular formula is C16H18N6O. The van der Waals surface area contributed by atoms with Crippen LogP contribution in [0.15, 0.2) is 24.5 Å². The second-order valence-electron chi connectivity index (χ2n) is 6.08. The van der Waals surface area contributed by atoms with Crippen molar-refractivity contribution in [3.63, 3.8) is 0 Å². The molecule has 4 rings (SSSR count). The molecule has 0 fully saturated rings. The summed E-state index contributed by atoms with van der Waals surface area (Å²) >= 11 is 0. The Kier molecular flexibility index (Phi) is 3.14. The molecule has 1 N–H and O–H groups in total. The van der Waals surface area contributed by atoms with E-state index in [4.69, 9.17) is 0 Å². The number of pyridine rings is 1. The van der Waals surface area contributed by atoms with E-state index in [0.29, 0.717) is 12.2 Å². The van der Waals surface area contributed by atoms with Crippen molar-refractivity contribution in [2.45, 2.75) is 39.3 Å². The summed E-state index contributed by atoms with van der Waals surface area (Å²) in [5.74, 6) is 1.75. The van der Waals surface area contributed by atoms with Gasteiger partial charge >= 0.3 is 0 Å². The minimum atomic E-state index is -0.134. The quantitative estimate of drug-likeness (QED) is 0.773. The molecule has 118 valence electrons. The second-order valence-corrected chi connectivity index (χ2v) is 6.08. The van der Waals surface area contributed by atoms with Crippen LogP contribution in [0.4, 0.5) is 0 Å². The first-order valence-corrected chi connectivity index (χ1v) is 7.75. The third-order valence-electron chi connectivity index (χ3n) is 4.32. The van der Waals surface area contributed by atoms with E-state index in [2.05, 4.69) is 25.1 Å². The number of amides is 1. The van der Waals surface area contributed by atoms with Crippen LogP contribution in [0.1, 0.15) is 34.1 Å². The van der Waals surface area contributed by atoms with Crippen molar-refractivity contribution >= 4 is 11.6 Å². The molecular weight excluding hydrogens is 292 g/mol. The van der Waals surface area contributed by atoms with E-state index < -0.39 is 0 Å². The van der Waals surface area contributed by atoms with Crippen LogP contribution in [0.3, 0.4) is 0 Å². The fraction of sp³-hybridized carbons (Fsp3) is 0.375. The smallest absolute Gasteiger partial charge is 0.271 e. The number of nitrogens with one attached hydrogen (secondary N) is 1. The lowest BCUT2D eigenvalue weighted by Gasteiger charge is -2.24. The lowest BCUT2D eigenvalue weighted by atomic mass is 10.1. The van der Waals surface area contributed by atoms with Crippen LogP contribution in [-0.4, -0.2) is 36.1 Å². The summed E-state index contributed by atoms with van der Waals surface area (Å²) in [7, 11) is 0. The number of nitrogens with zero attached hydrogens (tertiary/aromatic N) is 5. The highest BCUT2D eigenvalue weighted by Crippen LogP contribution is 2.15. The van der Waals surface area contributed by atoms with Gasteiger partial charge in [0.15, 0.2) is 0 Å². The molecule has 0 aliphatic carbocycles. The Morgan fingerprint density at radius 1 is 1.35 bits per heavy atom. The summed E-state index contributed by atoms with van der Waals surface area (Å²) in [4.78, 5) is 16.9. The van der Waals surface area contributed by atoms with Crippen molar-refractivity contribution in [1.82, 2.24) is 29.5 Å². The number of rotatable bonds is 2. The first-order chi connectivity index (χ1) is 11.1. The van der Waals surface area contributed by atoms with Gasteiger partial charge in [-0.25, -0.2) is 4.98 Å². The van der Waals surface area contributed by atoms with Gasteiger partial charge in [-0.1, -0.05) is 0 Å². The minimum Gasteiger partial charge on any atom is -0.346 e. The molecule has 3 aromatic heterocycles. The van der Waals surface area contributed by atoms with Gasteiger partial charge in [0.2, 0.25) is 0 Å². The molecule has 3 aromatic rings. The first kappa shape index (κ1) is 13.9. The number of carbonyl (C=O) groups is 1. The van der Waals surface area contributed by atoms with Gasteiger partial charge in [-0.05, 0) is 38.0 Å². The van der Waals surface area contributed by atoms with Gasteiger partial charge < -0.3 is 14.3 Å². The number of aromatic nitrogens is 5. The SMILES string of the molecule is Cc1ccn2cc(C(=O)NC3CCc4nnc(C)n4C3)nc2c1. The molecule has 1 amide bonds. The van der Waals surface area contributed by atoms with Gasteiger partial charge in [-0.15, -0.1) is 10.2 Å². The fourth-order valence-corrected chi connectivity index (χ4v) is 3.03.